The normalized spacial score (nSPS) is 44.2. The van der Waals surface area contributed by atoms with Gasteiger partial charge in [-0.1, -0.05) is 6.42 Å². The second-order valence-electron chi connectivity index (χ2n) is 6.87. The first kappa shape index (κ1) is 12.8. The van der Waals surface area contributed by atoms with E-state index in [0.717, 1.165) is 18.3 Å². The Bertz CT molecular complexity index is 305. The second kappa shape index (κ2) is 4.73. The predicted molar refractivity (Wildman–Crippen MR) is 68.7 cm³/mol. The Labute approximate surface area is 109 Å². The lowest BCUT2D eigenvalue weighted by atomic mass is 9.72. The minimum Gasteiger partial charge on any atom is -0.316 e. The molecule has 3 aliphatic rings. The zero-order chi connectivity index (χ0) is 12.8. The van der Waals surface area contributed by atoms with Crippen LogP contribution in [-0.2, 0) is 0 Å². The van der Waals surface area contributed by atoms with Gasteiger partial charge in [-0.05, 0) is 62.8 Å². The third kappa shape index (κ3) is 2.31. The zero-order valence-electron chi connectivity index (χ0n) is 11.3. The van der Waals surface area contributed by atoms with Crippen LogP contribution in [0.4, 0.5) is 8.78 Å². The van der Waals surface area contributed by atoms with Crippen LogP contribution in [0.25, 0.3) is 0 Å². The van der Waals surface area contributed by atoms with Gasteiger partial charge in [-0.25, -0.2) is 8.78 Å². The third-order valence-electron chi connectivity index (χ3n) is 5.77. The fourth-order valence-electron chi connectivity index (χ4n) is 5.05. The molecule has 0 aliphatic heterocycles. The van der Waals surface area contributed by atoms with Crippen LogP contribution >= 0.6 is 0 Å². The maximum absolute atomic E-state index is 13.6. The van der Waals surface area contributed by atoms with Crippen molar-refractivity contribution in [3.05, 3.63) is 0 Å². The lowest BCUT2D eigenvalue weighted by Gasteiger charge is -2.40. The summed E-state index contributed by atoms with van der Waals surface area (Å²) in [5.74, 6) is 0.189. The van der Waals surface area contributed by atoms with E-state index in [1.165, 1.54) is 25.7 Å². The highest BCUT2D eigenvalue weighted by Crippen LogP contribution is 2.52. The fourth-order valence-corrected chi connectivity index (χ4v) is 5.05. The lowest BCUT2D eigenvalue weighted by molar-refractivity contribution is -0.0627. The molecule has 2 bridgehead atoms. The molecule has 0 heterocycles. The molecule has 1 N–H and O–H groups in total. The summed E-state index contributed by atoms with van der Waals surface area (Å²) in [4.78, 5) is 0. The van der Waals surface area contributed by atoms with Gasteiger partial charge in [0.1, 0.15) is 0 Å². The van der Waals surface area contributed by atoms with Crippen LogP contribution in [0.2, 0.25) is 0 Å². The van der Waals surface area contributed by atoms with Crippen LogP contribution in [0.1, 0.15) is 51.4 Å². The zero-order valence-corrected chi connectivity index (χ0v) is 11.3. The highest BCUT2D eigenvalue weighted by atomic mass is 19.3. The lowest BCUT2D eigenvalue weighted by Crippen LogP contribution is -2.45. The van der Waals surface area contributed by atoms with E-state index >= 15 is 0 Å². The molecule has 3 aliphatic carbocycles. The molecule has 5 unspecified atom stereocenters. The molecule has 0 amide bonds. The smallest absolute Gasteiger partial charge is 0.248 e. The van der Waals surface area contributed by atoms with Crippen molar-refractivity contribution in [3.8, 4) is 0 Å². The Morgan fingerprint density at radius 3 is 2.56 bits per heavy atom. The van der Waals surface area contributed by atoms with Crippen LogP contribution in [0.3, 0.4) is 0 Å². The third-order valence-corrected chi connectivity index (χ3v) is 5.77. The molecule has 0 saturated heterocycles. The highest BCUT2D eigenvalue weighted by molar-refractivity contribution is 4.98. The Balaban J connectivity index is 1.68. The molecule has 0 aromatic carbocycles. The summed E-state index contributed by atoms with van der Waals surface area (Å²) in [5, 5.41) is 3.40. The SMILES string of the molecule is CNC(C1CCCC(F)(F)C1)C1CC2CCC1C2. The molecule has 5 atom stereocenters. The van der Waals surface area contributed by atoms with Gasteiger partial charge in [0.25, 0.3) is 0 Å². The molecule has 3 heteroatoms. The van der Waals surface area contributed by atoms with E-state index in [0.29, 0.717) is 18.4 Å². The summed E-state index contributed by atoms with van der Waals surface area (Å²) >= 11 is 0. The van der Waals surface area contributed by atoms with Crippen molar-refractivity contribution in [2.75, 3.05) is 7.05 Å². The van der Waals surface area contributed by atoms with Gasteiger partial charge in [0.05, 0.1) is 0 Å². The monoisotopic (exact) mass is 257 g/mol. The summed E-state index contributed by atoms with van der Waals surface area (Å²) in [6, 6.07) is 0.339. The van der Waals surface area contributed by atoms with Gasteiger partial charge in [0.2, 0.25) is 5.92 Å². The predicted octanol–water partition coefficient (Wildman–Crippen LogP) is 3.84. The summed E-state index contributed by atoms with van der Waals surface area (Å²) in [5.41, 5.74) is 0. The molecule has 1 nitrogen and oxygen atoms in total. The number of nitrogens with one attached hydrogen (secondary N) is 1. The van der Waals surface area contributed by atoms with E-state index in [9.17, 15) is 8.78 Å². The quantitative estimate of drug-likeness (QED) is 0.810. The van der Waals surface area contributed by atoms with E-state index in [4.69, 9.17) is 0 Å². The number of fused-ring (bicyclic) bond motifs is 2. The molecular weight excluding hydrogens is 232 g/mol. The molecule has 18 heavy (non-hydrogen) atoms. The first-order valence-electron chi connectivity index (χ1n) is 7.64. The second-order valence-corrected chi connectivity index (χ2v) is 6.87. The van der Waals surface area contributed by atoms with Crippen molar-refractivity contribution in [2.24, 2.45) is 23.7 Å². The van der Waals surface area contributed by atoms with Crippen molar-refractivity contribution in [1.82, 2.24) is 5.32 Å². The van der Waals surface area contributed by atoms with Crippen molar-refractivity contribution >= 4 is 0 Å². The summed E-state index contributed by atoms with van der Waals surface area (Å²) < 4.78 is 27.2. The number of halogens is 2. The topological polar surface area (TPSA) is 12.0 Å². The molecule has 0 aromatic heterocycles. The van der Waals surface area contributed by atoms with Gasteiger partial charge in [0, 0.05) is 18.9 Å². The first-order valence-corrected chi connectivity index (χ1v) is 7.64. The number of alkyl halides is 2. The molecule has 0 spiro atoms. The molecule has 104 valence electrons. The van der Waals surface area contributed by atoms with E-state index in [2.05, 4.69) is 5.32 Å². The Morgan fingerprint density at radius 2 is 2.00 bits per heavy atom. The van der Waals surface area contributed by atoms with Gasteiger partial charge >= 0.3 is 0 Å². The molecule has 3 rings (SSSR count). The molecular formula is C15H25F2N. The van der Waals surface area contributed by atoms with Crippen LogP contribution < -0.4 is 5.32 Å². The van der Waals surface area contributed by atoms with E-state index in [1.54, 1.807) is 0 Å². The fraction of sp³-hybridized carbons (Fsp3) is 1.00. The van der Waals surface area contributed by atoms with Crippen LogP contribution in [0.5, 0.6) is 0 Å². The average Bonchev–Trinajstić information content (AvgIpc) is 2.91. The highest BCUT2D eigenvalue weighted by Gasteiger charge is 2.47. The molecule has 0 radical (unpaired) electrons. The minimum absolute atomic E-state index is 0.108. The van der Waals surface area contributed by atoms with Crippen molar-refractivity contribution < 1.29 is 8.78 Å². The maximum atomic E-state index is 13.6. The van der Waals surface area contributed by atoms with Crippen molar-refractivity contribution in [1.29, 1.82) is 0 Å². The van der Waals surface area contributed by atoms with Gasteiger partial charge in [-0.2, -0.15) is 0 Å². The summed E-state index contributed by atoms with van der Waals surface area (Å²) in [7, 11) is 1.98. The number of hydrogen-bond acceptors (Lipinski definition) is 1. The first-order chi connectivity index (χ1) is 8.59. The molecule has 0 aromatic rings. The Kier molecular flexibility index (Phi) is 3.38. The largest absolute Gasteiger partial charge is 0.316 e. The maximum Gasteiger partial charge on any atom is 0.248 e. The summed E-state index contributed by atoms with van der Waals surface area (Å²) in [6.45, 7) is 0. The Morgan fingerprint density at radius 1 is 1.17 bits per heavy atom. The van der Waals surface area contributed by atoms with Crippen LogP contribution in [0, 0.1) is 23.7 Å². The van der Waals surface area contributed by atoms with Gasteiger partial charge in [-0.15, -0.1) is 0 Å². The average molecular weight is 257 g/mol. The molecule has 3 fully saturated rings. The minimum atomic E-state index is -2.41. The number of rotatable bonds is 3. The molecule has 3 saturated carbocycles. The Hall–Kier alpha value is -0.180. The van der Waals surface area contributed by atoms with E-state index in [-0.39, 0.29) is 18.8 Å². The standard InChI is InChI=1S/C15H25F2N/c1-18-14(12-3-2-6-15(16,17)9-12)13-8-10-4-5-11(13)7-10/h10-14,18H,2-9H2,1H3. The van der Waals surface area contributed by atoms with Crippen molar-refractivity contribution in [2.45, 2.75) is 63.3 Å². The van der Waals surface area contributed by atoms with Gasteiger partial charge in [-0.3, -0.25) is 0 Å². The van der Waals surface area contributed by atoms with E-state index in [1.807, 2.05) is 7.05 Å². The van der Waals surface area contributed by atoms with Gasteiger partial charge < -0.3 is 5.32 Å². The summed E-state index contributed by atoms with van der Waals surface area (Å²) in [6.07, 6.45) is 7.31. The number of hydrogen-bond donors (Lipinski definition) is 1. The van der Waals surface area contributed by atoms with Crippen LogP contribution in [0.15, 0.2) is 0 Å². The van der Waals surface area contributed by atoms with Gasteiger partial charge in [0.15, 0.2) is 0 Å². The van der Waals surface area contributed by atoms with Crippen LogP contribution in [-0.4, -0.2) is 19.0 Å². The van der Waals surface area contributed by atoms with Crippen molar-refractivity contribution in [3.63, 3.8) is 0 Å². The van der Waals surface area contributed by atoms with E-state index < -0.39 is 5.92 Å².